The van der Waals surface area contributed by atoms with Gasteiger partial charge >= 0.3 is 0 Å². The fraction of sp³-hybridized carbons (Fsp3) is 1.00. The maximum atomic E-state index is 5.48. The second kappa shape index (κ2) is 2.99. The molecule has 0 aliphatic carbocycles. The summed E-state index contributed by atoms with van der Waals surface area (Å²) in [5.41, 5.74) is 5.48. The van der Waals surface area contributed by atoms with Crippen molar-refractivity contribution in [1.29, 1.82) is 0 Å². The summed E-state index contributed by atoms with van der Waals surface area (Å²) in [6.45, 7) is 4.05. The fourth-order valence-electron chi connectivity index (χ4n) is 0.263. The van der Waals surface area contributed by atoms with E-state index in [1.807, 2.05) is 14.0 Å². The predicted molar refractivity (Wildman–Crippen MR) is 32.2 cm³/mol. The van der Waals surface area contributed by atoms with Crippen LogP contribution >= 0.6 is 0 Å². The molecule has 0 aromatic heterocycles. The minimum Gasteiger partial charge on any atom is -0.327 e. The molecule has 2 nitrogen and oxygen atoms in total. The Hall–Kier alpha value is -0.0800. The van der Waals surface area contributed by atoms with Gasteiger partial charge in [-0.05, 0) is 20.9 Å². The summed E-state index contributed by atoms with van der Waals surface area (Å²) in [7, 11) is 1.91. The van der Waals surface area contributed by atoms with Crippen LogP contribution in [0.1, 0.15) is 13.8 Å². The second-order valence-corrected chi connectivity index (χ2v) is 1.94. The maximum Gasteiger partial charge on any atom is 0.0185 e. The highest BCUT2D eigenvalue weighted by Gasteiger charge is 2.00. The molecule has 0 saturated carbocycles. The van der Waals surface area contributed by atoms with Crippen LogP contribution in [0.4, 0.5) is 0 Å². The van der Waals surface area contributed by atoms with E-state index in [4.69, 9.17) is 5.73 Å². The highest BCUT2D eigenvalue weighted by molar-refractivity contribution is 4.66. The minimum atomic E-state index is 0.255. The molecule has 0 radical (unpaired) electrons. The van der Waals surface area contributed by atoms with Crippen molar-refractivity contribution in [3.8, 4) is 0 Å². The van der Waals surface area contributed by atoms with Gasteiger partial charge in [0.25, 0.3) is 0 Å². The molecule has 0 aromatic rings. The van der Waals surface area contributed by atoms with Crippen molar-refractivity contribution >= 4 is 0 Å². The molecule has 0 aliphatic rings. The maximum absolute atomic E-state index is 5.48. The molecule has 44 valence electrons. The van der Waals surface area contributed by atoms with Crippen molar-refractivity contribution < 1.29 is 0 Å². The SMILES string of the molecule is CN[C@H](C)[C@H](C)N. The van der Waals surface area contributed by atoms with E-state index >= 15 is 0 Å². The molecule has 2 atom stereocenters. The minimum absolute atomic E-state index is 0.255. The summed E-state index contributed by atoms with van der Waals surface area (Å²) < 4.78 is 0. The van der Waals surface area contributed by atoms with Crippen molar-refractivity contribution in [2.24, 2.45) is 5.73 Å². The molecular formula is C5H14N2. The van der Waals surface area contributed by atoms with E-state index in [-0.39, 0.29) is 6.04 Å². The van der Waals surface area contributed by atoms with E-state index in [0.717, 1.165) is 0 Å². The predicted octanol–water partition coefficient (Wildman–Crippen LogP) is -0.0585. The molecule has 0 heterocycles. The zero-order valence-electron chi connectivity index (χ0n) is 5.23. The van der Waals surface area contributed by atoms with Gasteiger partial charge in [0.05, 0.1) is 0 Å². The van der Waals surface area contributed by atoms with Crippen LogP contribution in [0.2, 0.25) is 0 Å². The number of nitrogens with two attached hydrogens (primary N) is 1. The molecule has 0 bridgehead atoms. The highest BCUT2D eigenvalue weighted by Crippen LogP contribution is 1.82. The van der Waals surface area contributed by atoms with E-state index in [0.29, 0.717) is 6.04 Å². The first kappa shape index (κ1) is 6.92. The molecule has 0 unspecified atom stereocenters. The van der Waals surface area contributed by atoms with Crippen LogP contribution in [-0.2, 0) is 0 Å². The van der Waals surface area contributed by atoms with Gasteiger partial charge in [0, 0.05) is 12.1 Å². The van der Waals surface area contributed by atoms with Crippen LogP contribution in [0.25, 0.3) is 0 Å². The Labute approximate surface area is 45.1 Å². The van der Waals surface area contributed by atoms with E-state index in [1.54, 1.807) is 0 Å². The van der Waals surface area contributed by atoms with Crippen LogP contribution in [0.5, 0.6) is 0 Å². The van der Waals surface area contributed by atoms with E-state index in [2.05, 4.69) is 12.2 Å². The van der Waals surface area contributed by atoms with Crippen molar-refractivity contribution in [1.82, 2.24) is 5.32 Å². The Morgan fingerprint density at radius 1 is 1.43 bits per heavy atom. The Bertz CT molecular complexity index is 43.3. The topological polar surface area (TPSA) is 38.0 Å². The molecule has 0 amide bonds. The van der Waals surface area contributed by atoms with Crippen LogP contribution in [0.3, 0.4) is 0 Å². The van der Waals surface area contributed by atoms with Gasteiger partial charge in [-0.25, -0.2) is 0 Å². The molecule has 0 aromatic carbocycles. The third-order valence-corrected chi connectivity index (χ3v) is 1.24. The Morgan fingerprint density at radius 2 is 1.86 bits per heavy atom. The molecule has 0 saturated heterocycles. The van der Waals surface area contributed by atoms with Crippen LogP contribution < -0.4 is 11.1 Å². The van der Waals surface area contributed by atoms with Gasteiger partial charge in [-0.3, -0.25) is 0 Å². The normalized spacial score (nSPS) is 18.9. The first-order valence-corrected chi connectivity index (χ1v) is 2.61. The van der Waals surface area contributed by atoms with Gasteiger partial charge in [0.1, 0.15) is 0 Å². The number of hydrogen-bond acceptors (Lipinski definition) is 2. The molecule has 0 spiro atoms. The van der Waals surface area contributed by atoms with Crippen molar-refractivity contribution in [3.05, 3.63) is 0 Å². The van der Waals surface area contributed by atoms with Crippen molar-refractivity contribution in [2.45, 2.75) is 25.9 Å². The van der Waals surface area contributed by atoms with Gasteiger partial charge in [-0.2, -0.15) is 0 Å². The molecule has 3 N–H and O–H groups in total. The summed E-state index contributed by atoms with van der Waals surface area (Å²) in [4.78, 5) is 0. The van der Waals surface area contributed by atoms with E-state index < -0.39 is 0 Å². The van der Waals surface area contributed by atoms with Crippen LogP contribution in [-0.4, -0.2) is 19.1 Å². The Morgan fingerprint density at radius 3 is 1.86 bits per heavy atom. The number of nitrogens with one attached hydrogen (secondary N) is 1. The summed E-state index contributed by atoms with van der Waals surface area (Å²) in [5, 5.41) is 3.04. The zero-order valence-corrected chi connectivity index (χ0v) is 5.23. The Balaban J connectivity index is 3.14. The lowest BCUT2D eigenvalue weighted by Gasteiger charge is -2.12. The molecule has 0 fully saturated rings. The number of hydrogen-bond donors (Lipinski definition) is 2. The van der Waals surface area contributed by atoms with E-state index in [1.165, 1.54) is 0 Å². The lowest BCUT2D eigenvalue weighted by molar-refractivity contribution is 0.519. The zero-order chi connectivity index (χ0) is 5.86. The highest BCUT2D eigenvalue weighted by atomic mass is 14.9. The second-order valence-electron chi connectivity index (χ2n) is 1.94. The van der Waals surface area contributed by atoms with Gasteiger partial charge in [-0.15, -0.1) is 0 Å². The Kier molecular flexibility index (Phi) is 2.96. The van der Waals surface area contributed by atoms with Crippen molar-refractivity contribution in [2.75, 3.05) is 7.05 Å². The number of rotatable bonds is 2. The van der Waals surface area contributed by atoms with Gasteiger partial charge in [0.15, 0.2) is 0 Å². The standard InChI is InChI=1S/C5H14N2/c1-4(6)5(2)7-3/h4-5,7H,6H2,1-3H3/t4-,5+/m0/s1. The fourth-order valence-corrected chi connectivity index (χ4v) is 0.263. The quantitative estimate of drug-likeness (QED) is 0.512. The lowest BCUT2D eigenvalue weighted by atomic mass is 10.2. The monoisotopic (exact) mass is 102 g/mol. The average Bonchev–Trinajstić information content (AvgIpc) is 1.65. The summed E-state index contributed by atoms with van der Waals surface area (Å²) in [6, 6.07) is 0.685. The molecule has 0 aliphatic heterocycles. The first-order valence-electron chi connectivity index (χ1n) is 2.61. The lowest BCUT2D eigenvalue weighted by Crippen LogP contribution is -2.38. The average molecular weight is 102 g/mol. The molecule has 7 heavy (non-hydrogen) atoms. The van der Waals surface area contributed by atoms with E-state index in [9.17, 15) is 0 Å². The third-order valence-electron chi connectivity index (χ3n) is 1.24. The summed E-state index contributed by atoms with van der Waals surface area (Å²) >= 11 is 0. The molecule has 0 rings (SSSR count). The van der Waals surface area contributed by atoms with Crippen LogP contribution in [0.15, 0.2) is 0 Å². The summed E-state index contributed by atoms with van der Waals surface area (Å²) in [5.74, 6) is 0. The van der Waals surface area contributed by atoms with Crippen molar-refractivity contribution in [3.63, 3.8) is 0 Å². The van der Waals surface area contributed by atoms with Gasteiger partial charge in [-0.1, -0.05) is 0 Å². The third kappa shape index (κ3) is 2.60. The van der Waals surface area contributed by atoms with Gasteiger partial charge < -0.3 is 11.1 Å². The number of likely N-dealkylation sites (N-methyl/N-ethyl adjacent to an activating group) is 1. The first-order chi connectivity index (χ1) is 3.18. The van der Waals surface area contributed by atoms with Gasteiger partial charge in [0.2, 0.25) is 0 Å². The smallest absolute Gasteiger partial charge is 0.0185 e. The largest absolute Gasteiger partial charge is 0.327 e. The molecule has 2 heteroatoms. The molecular weight excluding hydrogens is 88.1 g/mol. The van der Waals surface area contributed by atoms with Crippen LogP contribution in [0, 0.1) is 0 Å². The summed E-state index contributed by atoms with van der Waals surface area (Å²) in [6.07, 6.45) is 0.